The van der Waals surface area contributed by atoms with Crippen molar-refractivity contribution in [2.45, 2.75) is 78.2 Å². The summed E-state index contributed by atoms with van der Waals surface area (Å²) in [4.78, 5) is 78.5. The summed E-state index contributed by atoms with van der Waals surface area (Å²) in [7, 11) is 3.13. The molecule has 1 aromatic carbocycles. The summed E-state index contributed by atoms with van der Waals surface area (Å²) in [6.07, 6.45) is -0.644. The van der Waals surface area contributed by atoms with Crippen molar-refractivity contribution in [2.75, 3.05) is 125 Å². The summed E-state index contributed by atoms with van der Waals surface area (Å²) < 4.78 is 43.2. The Morgan fingerprint density at radius 3 is 1.65 bits per heavy atom. The lowest BCUT2D eigenvalue weighted by molar-refractivity contribution is -0.132. The molecule has 0 unspecified atom stereocenters. The molecule has 2 atom stereocenters. The van der Waals surface area contributed by atoms with Crippen molar-refractivity contribution in [3.63, 3.8) is 0 Å². The first-order valence-corrected chi connectivity index (χ1v) is 21.9. The summed E-state index contributed by atoms with van der Waals surface area (Å²) in [5, 5.41) is 10.7. The van der Waals surface area contributed by atoms with E-state index in [1.165, 1.54) is 9.80 Å². The molecule has 0 aliphatic carbocycles. The Morgan fingerprint density at radius 2 is 1.17 bits per heavy atom. The maximum Gasteiger partial charge on any atom is 0.410 e. The van der Waals surface area contributed by atoms with Gasteiger partial charge >= 0.3 is 18.2 Å². The number of hydrogen-bond donors (Lipinski definition) is 6. The smallest absolute Gasteiger partial charge is 0.410 e. The van der Waals surface area contributed by atoms with Crippen LogP contribution in [-0.4, -0.2) is 183 Å². The van der Waals surface area contributed by atoms with Gasteiger partial charge in [-0.15, -0.1) is 0 Å². The molecule has 0 radical (unpaired) electrons. The van der Waals surface area contributed by atoms with Gasteiger partial charge in [-0.3, -0.25) is 14.4 Å². The Hall–Kier alpha value is -4.84. The second-order valence-corrected chi connectivity index (χ2v) is 16.1. The number of primary amides is 1. The number of carbonyl (C=O) groups is 6. The molecule has 0 spiro atoms. The topological polar surface area (TPSA) is 283 Å². The number of amides is 7. The molecule has 0 saturated carbocycles. The highest BCUT2D eigenvalue weighted by molar-refractivity contribution is 5.98. The van der Waals surface area contributed by atoms with E-state index in [9.17, 15) is 28.8 Å². The predicted molar refractivity (Wildman–Crippen MR) is 241 cm³/mol. The van der Waals surface area contributed by atoms with Gasteiger partial charge in [0, 0.05) is 52.4 Å². The number of nitrogens with one attached hydrogen (secondary N) is 4. The maximum atomic E-state index is 13.5. The standard InChI is InChI=1S/C43H76N8O14/c1-32(2)37(49-36(52)14-19-58-21-23-60-25-27-62-29-30-63-28-26-61-24-22-59-20-15-44)39(54)48-35(9-8-16-46-40(45)55)38(53)47-34-12-10-33(11-13-34)31-64-41(56)50(6)17-18-51(7)42(57)65-43(3,4)5/h10-13,32,35,37H,8-9,14-31,44H2,1-7H3,(H,47,53)(H,48,54)(H,49,52)(H3,45,46,55)/t35-,37-/m0/s1. The summed E-state index contributed by atoms with van der Waals surface area (Å²) in [5.41, 5.74) is 10.9. The molecule has 22 heteroatoms. The summed E-state index contributed by atoms with van der Waals surface area (Å²) in [5.74, 6) is -1.83. The average Bonchev–Trinajstić information content (AvgIpc) is 3.25. The van der Waals surface area contributed by atoms with Gasteiger partial charge in [-0.25, -0.2) is 14.4 Å². The van der Waals surface area contributed by atoms with Crippen LogP contribution in [0.4, 0.5) is 20.1 Å². The summed E-state index contributed by atoms with van der Waals surface area (Å²) in [6, 6.07) is 3.87. The minimum atomic E-state index is -1.04. The van der Waals surface area contributed by atoms with E-state index in [0.29, 0.717) is 90.3 Å². The van der Waals surface area contributed by atoms with Gasteiger partial charge in [0.25, 0.3) is 0 Å². The number of rotatable bonds is 35. The number of ether oxygens (including phenoxy) is 8. The highest BCUT2D eigenvalue weighted by Gasteiger charge is 2.29. The number of anilines is 1. The van der Waals surface area contributed by atoms with E-state index in [2.05, 4.69) is 21.3 Å². The molecule has 0 saturated heterocycles. The minimum Gasteiger partial charge on any atom is -0.445 e. The van der Waals surface area contributed by atoms with Gasteiger partial charge in [0.15, 0.2) is 0 Å². The van der Waals surface area contributed by atoms with Gasteiger partial charge in [-0.2, -0.15) is 0 Å². The first kappa shape index (κ1) is 58.2. The third-order valence-electron chi connectivity index (χ3n) is 8.83. The molecule has 0 aliphatic heterocycles. The molecule has 0 aliphatic rings. The Labute approximate surface area is 383 Å². The molecule has 0 bridgehead atoms. The van der Waals surface area contributed by atoms with E-state index >= 15 is 0 Å². The molecule has 0 heterocycles. The molecule has 7 amide bonds. The number of nitrogens with zero attached hydrogens (tertiary/aromatic N) is 2. The molecule has 0 fully saturated rings. The molecule has 65 heavy (non-hydrogen) atoms. The lowest BCUT2D eigenvalue weighted by atomic mass is 10.0. The SMILES string of the molecule is CC(C)[C@H](NC(=O)CCOCCOCCOCCOCCOCCOCCN)C(=O)N[C@@H](CCCNC(N)=O)C(=O)Nc1ccc(COC(=O)N(C)CCN(C)C(=O)OC(C)(C)C)cc1. The van der Waals surface area contributed by atoms with Crippen molar-refractivity contribution in [3.05, 3.63) is 29.8 Å². The van der Waals surface area contributed by atoms with Crippen LogP contribution in [-0.2, 0) is 58.9 Å². The zero-order valence-corrected chi connectivity index (χ0v) is 39.4. The normalized spacial score (nSPS) is 12.2. The van der Waals surface area contributed by atoms with Crippen LogP contribution in [0.2, 0.25) is 0 Å². The van der Waals surface area contributed by atoms with Crippen LogP contribution in [0.5, 0.6) is 0 Å². The van der Waals surface area contributed by atoms with E-state index in [-0.39, 0.29) is 58.2 Å². The Bertz CT molecular complexity index is 1520. The lowest BCUT2D eigenvalue weighted by Crippen LogP contribution is -2.54. The summed E-state index contributed by atoms with van der Waals surface area (Å²) in [6.45, 7) is 14.6. The van der Waals surface area contributed by atoms with E-state index in [4.69, 9.17) is 49.4 Å². The molecular formula is C43H76N8O14. The molecule has 0 aromatic heterocycles. The second-order valence-electron chi connectivity index (χ2n) is 16.1. The number of carbonyl (C=O) groups excluding carboxylic acids is 6. The monoisotopic (exact) mass is 929 g/mol. The second kappa shape index (κ2) is 34.5. The average molecular weight is 929 g/mol. The molecule has 8 N–H and O–H groups in total. The van der Waals surface area contributed by atoms with Crippen molar-refractivity contribution in [2.24, 2.45) is 17.4 Å². The van der Waals surface area contributed by atoms with Gasteiger partial charge in [0.05, 0.1) is 79.3 Å². The molecule has 372 valence electrons. The fourth-order valence-corrected chi connectivity index (χ4v) is 5.27. The first-order chi connectivity index (χ1) is 30.9. The maximum absolute atomic E-state index is 13.5. The van der Waals surface area contributed by atoms with Gasteiger partial charge in [-0.05, 0) is 57.2 Å². The van der Waals surface area contributed by atoms with Gasteiger partial charge in [0.1, 0.15) is 24.3 Å². The van der Waals surface area contributed by atoms with E-state index in [0.717, 1.165) is 0 Å². The van der Waals surface area contributed by atoms with E-state index in [1.54, 1.807) is 73.0 Å². The highest BCUT2D eigenvalue weighted by atomic mass is 16.6. The van der Waals surface area contributed by atoms with Crippen molar-refractivity contribution in [1.29, 1.82) is 0 Å². The van der Waals surface area contributed by atoms with Crippen molar-refractivity contribution < 1.29 is 66.7 Å². The van der Waals surface area contributed by atoms with Crippen LogP contribution in [0.1, 0.15) is 59.4 Å². The van der Waals surface area contributed by atoms with Crippen LogP contribution in [0.15, 0.2) is 24.3 Å². The number of nitrogens with two attached hydrogens (primary N) is 2. The third-order valence-corrected chi connectivity index (χ3v) is 8.83. The lowest BCUT2D eigenvalue weighted by Gasteiger charge is -2.26. The Morgan fingerprint density at radius 1 is 0.677 bits per heavy atom. The van der Waals surface area contributed by atoms with Gasteiger partial charge in [0.2, 0.25) is 17.7 Å². The highest BCUT2D eigenvalue weighted by Crippen LogP contribution is 2.14. The number of benzene rings is 1. The first-order valence-electron chi connectivity index (χ1n) is 21.9. The summed E-state index contributed by atoms with van der Waals surface area (Å²) >= 11 is 0. The zero-order valence-electron chi connectivity index (χ0n) is 39.4. The fourth-order valence-electron chi connectivity index (χ4n) is 5.27. The predicted octanol–water partition coefficient (Wildman–Crippen LogP) is 1.58. The molecule has 22 nitrogen and oxygen atoms in total. The van der Waals surface area contributed by atoms with Crippen LogP contribution < -0.4 is 32.7 Å². The van der Waals surface area contributed by atoms with E-state index < -0.39 is 53.6 Å². The minimum absolute atomic E-state index is 0.00520. The van der Waals surface area contributed by atoms with Gasteiger partial charge < -0.3 is 80.4 Å². The number of likely N-dealkylation sites (N-methyl/N-ethyl adjacent to an activating group) is 2. The number of hydrogen-bond acceptors (Lipinski definition) is 15. The van der Waals surface area contributed by atoms with E-state index in [1.807, 2.05) is 0 Å². The van der Waals surface area contributed by atoms with Crippen LogP contribution in [0, 0.1) is 5.92 Å². The van der Waals surface area contributed by atoms with Crippen molar-refractivity contribution in [3.8, 4) is 0 Å². The molecule has 1 rings (SSSR count). The molecular weight excluding hydrogens is 853 g/mol. The number of urea groups is 1. The van der Waals surface area contributed by atoms with Crippen LogP contribution in [0.25, 0.3) is 0 Å². The van der Waals surface area contributed by atoms with Gasteiger partial charge in [-0.1, -0.05) is 26.0 Å². The third kappa shape index (κ3) is 30.1. The fraction of sp³-hybridized carbons (Fsp3) is 0.721. The van der Waals surface area contributed by atoms with Crippen LogP contribution >= 0.6 is 0 Å². The largest absolute Gasteiger partial charge is 0.445 e. The van der Waals surface area contributed by atoms with Crippen molar-refractivity contribution in [1.82, 2.24) is 25.8 Å². The zero-order chi connectivity index (χ0) is 48.5. The Balaban J connectivity index is 2.52. The molecule has 1 aromatic rings. The van der Waals surface area contributed by atoms with Crippen LogP contribution in [0.3, 0.4) is 0 Å². The quantitative estimate of drug-likeness (QED) is 0.0527. The Kier molecular flexibility index (Phi) is 30.9. The van der Waals surface area contributed by atoms with Crippen molar-refractivity contribution >= 4 is 41.6 Å².